The third-order valence-electron chi connectivity index (χ3n) is 0.758. The van der Waals surface area contributed by atoms with Crippen molar-refractivity contribution < 1.29 is 0 Å². The van der Waals surface area contributed by atoms with Crippen molar-refractivity contribution in [2.45, 2.75) is 13.3 Å². The third kappa shape index (κ3) is 1.98. The SMILES string of the molecule is C=N/C(=C\N)CC. The van der Waals surface area contributed by atoms with E-state index in [2.05, 4.69) is 11.7 Å². The first-order chi connectivity index (χ1) is 3.35. The average Bonchev–Trinajstić information content (AvgIpc) is 1.72. The van der Waals surface area contributed by atoms with Gasteiger partial charge in [0.15, 0.2) is 0 Å². The first kappa shape index (κ1) is 6.21. The summed E-state index contributed by atoms with van der Waals surface area (Å²) in [6, 6.07) is 0. The molecule has 0 aromatic rings. The van der Waals surface area contributed by atoms with Crippen molar-refractivity contribution in [3.8, 4) is 0 Å². The number of hydrogen-bond donors (Lipinski definition) is 1. The maximum atomic E-state index is 5.10. The summed E-state index contributed by atoms with van der Waals surface area (Å²) in [6.45, 7) is 5.28. The van der Waals surface area contributed by atoms with Crippen molar-refractivity contribution in [2.24, 2.45) is 10.7 Å². The molecular formula is C5H10N2. The fourth-order valence-electron chi connectivity index (χ4n) is 0.282. The molecule has 0 rings (SSSR count). The number of nitrogens with zero attached hydrogens (tertiary/aromatic N) is 1. The molecule has 0 aliphatic carbocycles. The number of hydrogen-bond acceptors (Lipinski definition) is 2. The molecule has 2 heteroatoms. The van der Waals surface area contributed by atoms with E-state index in [0.29, 0.717) is 0 Å². The van der Waals surface area contributed by atoms with E-state index < -0.39 is 0 Å². The van der Waals surface area contributed by atoms with Crippen LogP contribution in [0.5, 0.6) is 0 Å². The van der Waals surface area contributed by atoms with Gasteiger partial charge in [0.05, 0.1) is 5.70 Å². The second-order valence-electron chi connectivity index (χ2n) is 1.17. The Bertz CT molecular complexity index is 84.1. The summed E-state index contributed by atoms with van der Waals surface area (Å²) < 4.78 is 0. The molecule has 40 valence electrons. The standard InChI is InChI=1S/C5H10N2/c1-3-5(4-6)7-2/h4H,2-3,6H2,1H3/b5-4-. The van der Waals surface area contributed by atoms with Crippen LogP contribution < -0.4 is 5.73 Å². The Hall–Kier alpha value is -0.790. The lowest BCUT2D eigenvalue weighted by Crippen LogP contribution is -1.82. The molecule has 0 bridgehead atoms. The summed E-state index contributed by atoms with van der Waals surface area (Å²) in [5, 5.41) is 0. The van der Waals surface area contributed by atoms with Gasteiger partial charge in [-0.2, -0.15) is 0 Å². The summed E-state index contributed by atoms with van der Waals surface area (Å²) in [5.74, 6) is 0. The number of nitrogens with two attached hydrogens (primary N) is 1. The zero-order valence-electron chi connectivity index (χ0n) is 4.52. The van der Waals surface area contributed by atoms with Gasteiger partial charge in [-0.15, -0.1) is 0 Å². The highest BCUT2D eigenvalue weighted by atomic mass is 14.7. The van der Waals surface area contributed by atoms with Crippen LogP contribution in [0.25, 0.3) is 0 Å². The molecule has 0 amide bonds. The fraction of sp³-hybridized carbons (Fsp3) is 0.400. The smallest absolute Gasteiger partial charge is 0.0547 e. The highest BCUT2D eigenvalue weighted by Crippen LogP contribution is 1.95. The van der Waals surface area contributed by atoms with Crippen LogP contribution in [0, 0.1) is 0 Å². The monoisotopic (exact) mass is 98.1 g/mol. The van der Waals surface area contributed by atoms with Gasteiger partial charge in [0.25, 0.3) is 0 Å². The van der Waals surface area contributed by atoms with Crippen LogP contribution in [-0.2, 0) is 0 Å². The van der Waals surface area contributed by atoms with Crippen molar-refractivity contribution >= 4 is 6.72 Å². The zero-order valence-corrected chi connectivity index (χ0v) is 4.52. The molecule has 2 nitrogen and oxygen atoms in total. The number of rotatable bonds is 2. The van der Waals surface area contributed by atoms with Crippen LogP contribution in [0.4, 0.5) is 0 Å². The summed E-state index contributed by atoms with van der Waals surface area (Å²) in [7, 11) is 0. The largest absolute Gasteiger partial charge is 0.403 e. The normalized spacial score (nSPS) is 11.3. The van der Waals surface area contributed by atoms with Crippen LogP contribution in [-0.4, -0.2) is 6.72 Å². The van der Waals surface area contributed by atoms with Gasteiger partial charge >= 0.3 is 0 Å². The van der Waals surface area contributed by atoms with Gasteiger partial charge < -0.3 is 5.73 Å². The van der Waals surface area contributed by atoms with E-state index in [1.54, 1.807) is 0 Å². The molecule has 0 heterocycles. The van der Waals surface area contributed by atoms with E-state index in [4.69, 9.17) is 5.73 Å². The Balaban J connectivity index is 3.60. The second-order valence-corrected chi connectivity index (χ2v) is 1.17. The van der Waals surface area contributed by atoms with Crippen LogP contribution in [0.15, 0.2) is 16.9 Å². The predicted octanol–water partition coefficient (Wildman–Crippen LogP) is 0.897. The summed E-state index contributed by atoms with van der Waals surface area (Å²) in [5.41, 5.74) is 5.95. The lowest BCUT2D eigenvalue weighted by Gasteiger charge is -1.87. The van der Waals surface area contributed by atoms with Gasteiger partial charge in [0, 0.05) is 6.20 Å². The van der Waals surface area contributed by atoms with Gasteiger partial charge in [-0.3, -0.25) is 4.99 Å². The molecule has 0 saturated carbocycles. The van der Waals surface area contributed by atoms with Crippen molar-refractivity contribution in [3.63, 3.8) is 0 Å². The topological polar surface area (TPSA) is 38.4 Å². The minimum Gasteiger partial charge on any atom is -0.403 e. The maximum Gasteiger partial charge on any atom is 0.0547 e. The van der Waals surface area contributed by atoms with Crippen molar-refractivity contribution in [3.05, 3.63) is 11.9 Å². The van der Waals surface area contributed by atoms with Crippen LogP contribution in [0.2, 0.25) is 0 Å². The third-order valence-corrected chi connectivity index (χ3v) is 0.758. The van der Waals surface area contributed by atoms with Crippen LogP contribution in [0.1, 0.15) is 13.3 Å². The minimum atomic E-state index is 0.847. The molecule has 0 unspecified atom stereocenters. The highest BCUT2D eigenvalue weighted by molar-refractivity contribution is 5.28. The predicted molar refractivity (Wildman–Crippen MR) is 32.1 cm³/mol. The lowest BCUT2D eigenvalue weighted by atomic mass is 10.4. The molecule has 0 atom stereocenters. The van der Waals surface area contributed by atoms with Crippen LogP contribution in [0.3, 0.4) is 0 Å². The molecule has 2 N–H and O–H groups in total. The van der Waals surface area contributed by atoms with E-state index in [9.17, 15) is 0 Å². The highest BCUT2D eigenvalue weighted by Gasteiger charge is 1.79. The number of allylic oxidation sites excluding steroid dienone is 1. The summed E-state index contributed by atoms with van der Waals surface area (Å²) >= 11 is 0. The summed E-state index contributed by atoms with van der Waals surface area (Å²) in [4.78, 5) is 3.61. The van der Waals surface area contributed by atoms with Crippen molar-refractivity contribution in [1.82, 2.24) is 0 Å². The Morgan fingerprint density at radius 3 is 2.57 bits per heavy atom. The van der Waals surface area contributed by atoms with Gasteiger partial charge in [-0.05, 0) is 13.1 Å². The molecule has 0 spiro atoms. The zero-order chi connectivity index (χ0) is 5.70. The molecule has 0 radical (unpaired) electrons. The van der Waals surface area contributed by atoms with Gasteiger partial charge in [-0.25, -0.2) is 0 Å². The first-order valence-corrected chi connectivity index (χ1v) is 2.22. The lowest BCUT2D eigenvalue weighted by molar-refractivity contribution is 1.06. The van der Waals surface area contributed by atoms with Crippen molar-refractivity contribution in [1.29, 1.82) is 0 Å². The Morgan fingerprint density at radius 1 is 2.00 bits per heavy atom. The van der Waals surface area contributed by atoms with Crippen LogP contribution >= 0.6 is 0 Å². The van der Waals surface area contributed by atoms with E-state index >= 15 is 0 Å². The average molecular weight is 98.1 g/mol. The second kappa shape index (κ2) is 3.40. The quantitative estimate of drug-likeness (QED) is 0.512. The van der Waals surface area contributed by atoms with Gasteiger partial charge in [0.2, 0.25) is 0 Å². The molecule has 0 saturated heterocycles. The molecule has 0 aliphatic heterocycles. The number of aliphatic imine (C=N–C) groups is 1. The van der Waals surface area contributed by atoms with E-state index in [0.717, 1.165) is 12.1 Å². The molecule has 0 aliphatic rings. The first-order valence-electron chi connectivity index (χ1n) is 2.22. The minimum absolute atomic E-state index is 0.847. The Kier molecular flexibility index (Phi) is 3.02. The van der Waals surface area contributed by atoms with Gasteiger partial charge in [0.1, 0.15) is 0 Å². The molecule has 0 aromatic carbocycles. The van der Waals surface area contributed by atoms with Gasteiger partial charge in [-0.1, -0.05) is 6.92 Å². The Labute approximate surface area is 43.7 Å². The van der Waals surface area contributed by atoms with E-state index in [1.807, 2.05) is 6.92 Å². The molecule has 0 aromatic heterocycles. The molecular weight excluding hydrogens is 88.1 g/mol. The summed E-state index contributed by atoms with van der Waals surface area (Å²) in [6.07, 6.45) is 2.33. The Morgan fingerprint density at radius 2 is 2.57 bits per heavy atom. The fourth-order valence-corrected chi connectivity index (χ4v) is 0.282. The van der Waals surface area contributed by atoms with Crippen molar-refractivity contribution in [2.75, 3.05) is 0 Å². The van der Waals surface area contributed by atoms with E-state index in [-0.39, 0.29) is 0 Å². The molecule has 7 heavy (non-hydrogen) atoms. The van der Waals surface area contributed by atoms with E-state index in [1.165, 1.54) is 6.20 Å². The maximum absolute atomic E-state index is 5.10. The molecule has 0 fully saturated rings.